The van der Waals surface area contributed by atoms with E-state index in [1.807, 2.05) is 6.92 Å². The van der Waals surface area contributed by atoms with Gasteiger partial charge in [-0.2, -0.15) is 0 Å². The monoisotopic (exact) mass is 231 g/mol. The topological polar surface area (TPSA) is 48.0 Å². The lowest BCUT2D eigenvalue weighted by Crippen LogP contribution is -2.43. The van der Waals surface area contributed by atoms with Crippen LogP contribution in [0.3, 0.4) is 0 Å². The van der Waals surface area contributed by atoms with Gasteiger partial charge in [-0.15, -0.1) is 6.58 Å². The summed E-state index contributed by atoms with van der Waals surface area (Å²) >= 11 is 0. The molecule has 0 rings (SSSR count). The molecule has 5 heteroatoms. The van der Waals surface area contributed by atoms with Gasteiger partial charge in [0, 0.05) is 14.2 Å². The van der Waals surface area contributed by atoms with Crippen LogP contribution in [-0.2, 0) is 14.2 Å². The Kier molecular flexibility index (Phi) is 7.58. The summed E-state index contributed by atoms with van der Waals surface area (Å²) < 4.78 is 15.0. The van der Waals surface area contributed by atoms with Crippen molar-refractivity contribution < 1.29 is 19.0 Å². The fourth-order valence-corrected chi connectivity index (χ4v) is 1.15. The van der Waals surface area contributed by atoms with Crippen molar-refractivity contribution in [2.75, 3.05) is 27.4 Å². The van der Waals surface area contributed by atoms with Gasteiger partial charge in [0.1, 0.15) is 0 Å². The van der Waals surface area contributed by atoms with Crippen molar-refractivity contribution in [3.05, 3.63) is 12.7 Å². The third-order valence-corrected chi connectivity index (χ3v) is 2.21. The van der Waals surface area contributed by atoms with Crippen molar-refractivity contribution in [1.82, 2.24) is 4.90 Å². The lowest BCUT2D eigenvalue weighted by atomic mass is 10.3. The van der Waals surface area contributed by atoms with Crippen LogP contribution in [-0.4, -0.2) is 50.7 Å². The van der Waals surface area contributed by atoms with E-state index in [0.29, 0.717) is 13.2 Å². The van der Waals surface area contributed by atoms with E-state index in [0.717, 1.165) is 0 Å². The SMILES string of the molecule is C=C[C@@H](C)N(CC(OC)OC)C(=O)OCC. The van der Waals surface area contributed by atoms with Gasteiger partial charge in [0.15, 0.2) is 6.29 Å². The van der Waals surface area contributed by atoms with Gasteiger partial charge in [-0.25, -0.2) is 4.79 Å². The van der Waals surface area contributed by atoms with Gasteiger partial charge in [-0.1, -0.05) is 6.08 Å². The Morgan fingerprint density at radius 3 is 2.38 bits per heavy atom. The van der Waals surface area contributed by atoms with E-state index in [9.17, 15) is 4.79 Å². The highest BCUT2D eigenvalue weighted by molar-refractivity contribution is 5.68. The highest BCUT2D eigenvalue weighted by atomic mass is 16.7. The summed E-state index contributed by atoms with van der Waals surface area (Å²) in [5.41, 5.74) is 0. The first-order valence-corrected chi connectivity index (χ1v) is 5.22. The van der Waals surface area contributed by atoms with Crippen LogP contribution in [0.5, 0.6) is 0 Å². The van der Waals surface area contributed by atoms with E-state index in [1.165, 1.54) is 19.1 Å². The van der Waals surface area contributed by atoms with Crippen molar-refractivity contribution in [3.63, 3.8) is 0 Å². The quantitative estimate of drug-likeness (QED) is 0.493. The average molecular weight is 231 g/mol. The standard InChI is InChI=1S/C11H21NO4/c1-6-9(3)12(11(13)16-7-2)8-10(14-4)15-5/h6,9-10H,1,7-8H2,2-5H3/t9-/m1/s1. The molecule has 0 bridgehead atoms. The van der Waals surface area contributed by atoms with E-state index < -0.39 is 12.4 Å². The van der Waals surface area contributed by atoms with Crippen LogP contribution in [0.1, 0.15) is 13.8 Å². The molecule has 1 atom stereocenters. The van der Waals surface area contributed by atoms with Crippen LogP contribution in [0.25, 0.3) is 0 Å². The molecule has 0 saturated carbocycles. The zero-order valence-corrected chi connectivity index (χ0v) is 10.4. The molecule has 1 amide bonds. The van der Waals surface area contributed by atoms with Crippen molar-refractivity contribution in [2.24, 2.45) is 0 Å². The van der Waals surface area contributed by atoms with Crippen molar-refractivity contribution >= 4 is 6.09 Å². The van der Waals surface area contributed by atoms with Gasteiger partial charge in [0.05, 0.1) is 19.2 Å². The summed E-state index contributed by atoms with van der Waals surface area (Å²) in [5.74, 6) is 0. The predicted molar refractivity (Wildman–Crippen MR) is 61.2 cm³/mol. The molecule has 94 valence electrons. The van der Waals surface area contributed by atoms with E-state index in [2.05, 4.69) is 6.58 Å². The Morgan fingerprint density at radius 1 is 1.44 bits per heavy atom. The number of carbonyl (C=O) groups excluding carboxylic acids is 1. The second-order valence-corrected chi connectivity index (χ2v) is 3.23. The molecular formula is C11H21NO4. The van der Waals surface area contributed by atoms with Gasteiger partial charge in [0.2, 0.25) is 0 Å². The molecule has 5 nitrogen and oxygen atoms in total. The predicted octanol–water partition coefficient (Wildman–Crippen LogP) is 1.64. The third-order valence-electron chi connectivity index (χ3n) is 2.21. The Hall–Kier alpha value is -1.07. The third kappa shape index (κ3) is 4.63. The zero-order valence-electron chi connectivity index (χ0n) is 10.4. The summed E-state index contributed by atoms with van der Waals surface area (Å²) in [6.45, 7) is 7.91. The number of nitrogens with zero attached hydrogens (tertiary/aromatic N) is 1. The maximum absolute atomic E-state index is 11.7. The Morgan fingerprint density at radius 2 is 2.00 bits per heavy atom. The van der Waals surface area contributed by atoms with Crippen LogP contribution < -0.4 is 0 Å². The van der Waals surface area contributed by atoms with E-state index in [-0.39, 0.29) is 6.04 Å². The molecule has 0 aromatic carbocycles. The molecule has 0 saturated heterocycles. The fraction of sp³-hybridized carbons (Fsp3) is 0.727. The van der Waals surface area contributed by atoms with Crippen molar-refractivity contribution in [2.45, 2.75) is 26.2 Å². The number of ether oxygens (including phenoxy) is 3. The highest BCUT2D eigenvalue weighted by Crippen LogP contribution is 2.06. The molecular weight excluding hydrogens is 210 g/mol. The number of rotatable bonds is 7. The second-order valence-electron chi connectivity index (χ2n) is 3.23. The largest absolute Gasteiger partial charge is 0.450 e. The molecule has 0 unspecified atom stereocenters. The maximum atomic E-state index is 11.7. The van der Waals surface area contributed by atoms with Gasteiger partial charge in [-0.3, -0.25) is 4.90 Å². The first kappa shape index (κ1) is 14.9. The minimum Gasteiger partial charge on any atom is -0.450 e. The van der Waals surface area contributed by atoms with E-state index in [1.54, 1.807) is 13.0 Å². The van der Waals surface area contributed by atoms with Crippen LogP contribution in [0.4, 0.5) is 4.79 Å². The van der Waals surface area contributed by atoms with Gasteiger partial charge in [0.25, 0.3) is 0 Å². The minimum atomic E-state index is -0.466. The molecule has 0 aliphatic rings. The van der Waals surface area contributed by atoms with Crippen LogP contribution in [0.15, 0.2) is 12.7 Å². The summed E-state index contributed by atoms with van der Waals surface area (Å²) in [4.78, 5) is 13.2. The molecule has 0 radical (unpaired) electrons. The normalized spacial score (nSPS) is 12.3. The molecule has 0 spiro atoms. The molecule has 0 aromatic rings. The molecule has 0 fully saturated rings. The first-order valence-electron chi connectivity index (χ1n) is 5.22. The number of hydrogen-bond donors (Lipinski definition) is 0. The van der Waals surface area contributed by atoms with Crippen molar-refractivity contribution in [1.29, 1.82) is 0 Å². The molecule has 0 aliphatic heterocycles. The van der Waals surface area contributed by atoms with Crippen LogP contribution in [0.2, 0.25) is 0 Å². The number of amides is 1. The summed E-state index contributed by atoms with van der Waals surface area (Å²) in [5, 5.41) is 0. The van der Waals surface area contributed by atoms with Gasteiger partial charge < -0.3 is 14.2 Å². The summed E-state index contributed by atoms with van der Waals surface area (Å²) in [6.07, 6.45) is 0.806. The Balaban J connectivity index is 4.53. The average Bonchev–Trinajstić information content (AvgIpc) is 2.30. The molecule has 0 N–H and O–H groups in total. The smallest absolute Gasteiger partial charge is 0.410 e. The van der Waals surface area contributed by atoms with Gasteiger partial charge in [-0.05, 0) is 13.8 Å². The molecule has 16 heavy (non-hydrogen) atoms. The molecule has 0 aromatic heterocycles. The second kappa shape index (κ2) is 8.13. The summed E-state index contributed by atoms with van der Waals surface area (Å²) in [7, 11) is 3.05. The number of methoxy groups -OCH3 is 2. The number of carbonyl (C=O) groups is 1. The molecule has 0 heterocycles. The Labute approximate surface area is 97.0 Å². The minimum absolute atomic E-state index is 0.133. The number of hydrogen-bond acceptors (Lipinski definition) is 4. The van der Waals surface area contributed by atoms with E-state index >= 15 is 0 Å². The zero-order chi connectivity index (χ0) is 12.6. The molecule has 0 aliphatic carbocycles. The van der Waals surface area contributed by atoms with Crippen LogP contribution in [0, 0.1) is 0 Å². The lowest BCUT2D eigenvalue weighted by molar-refractivity contribution is -0.115. The Bertz CT molecular complexity index is 216. The fourth-order valence-electron chi connectivity index (χ4n) is 1.15. The van der Waals surface area contributed by atoms with Crippen molar-refractivity contribution in [3.8, 4) is 0 Å². The first-order chi connectivity index (χ1) is 7.60. The van der Waals surface area contributed by atoms with E-state index in [4.69, 9.17) is 14.2 Å². The lowest BCUT2D eigenvalue weighted by Gasteiger charge is -2.28. The maximum Gasteiger partial charge on any atom is 0.410 e. The summed E-state index contributed by atoms with van der Waals surface area (Å²) in [6, 6.07) is -0.133. The van der Waals surface area contributed by atoms with Gasteiger partial charge >= 0.3 is 6.09 Å². The van der Waals surface area contributed by atoms with Crippen LogP contribution >= 0.6 is 0 Å². The highest BCUT2D eigenvalue weighted by Gasteiger charge is 2.22.